The fourth-order valence-corrected chi connectivity index (χ4v) is 1.84. The quantitative estimate of drug-likeness (QED) is 0.874. The van der Waals surface area contributed by atoms with Crippen molar-refractivity contribution in [3.63, 3.8) is 0 Å². The average Bonchev–Trinajstić information content (AvgIpc) is 2.46. The molecule has 2 aromatic rings. The van der Waals surface area contributed by atoms with Crippen LogP contribution in [0.15, 0.2) is 42.5 Å². The third-order valence-corrected chi connectivity index (χ3v) is 2.89. The molecule has 0 radical (unpaired) electrons. The predicted molar refractivity (Wildman–Crippen MR) is 69.2 cm³/mol. The van der Waals surface area contributed by atoms with Crippen LogP contribution in [0.1, 0.15) is 26.3 Å². The molecule has 0 aliphatic rings. The number of aromatic carboxylic acids is 1. The summed E-state index contributed by atoms with van der Waals surface area (Å²) in [6, 6.07) is 8.45. The summed E-state index contributed by atoms with van der Waals surface area (Å²) in [7, 11) is 0. The Morgan fingerprint density at radius 1 is 1.00 bits per heavy atom. The zero-order chi connectivity index (χ0) is 15.6. The van der Waals surface area contributed by atoms with Crippen molar-refractivity contribution in [1.82, 2.24) is 0 Å². The van der Waals surface area contributed by atoms with Gasteiger partial charge < -0.3 is 5.11 Å². The van der Waals surface area contributed by atoms with Gasteiger partial charge in [-0.2, -0.15) is 13.2 Å². The van der Waals surface area contributed by atoms with Gasteiger partial charge in [-0.05, 0) is 29.3 Å². The van der Waals surface area contributed by atoms with E-state index in [9.17, 15) is 22.8 Å². The Morgan fingerprint density at radius 3 is 2.10 bits per heavy atom. The number of benzene rings is 2. The maximum absolute atomic E-state index is 12.8. The summed E-state index contributed by atoms with van der Waals surface area (Å²) in [5.41, 5.74) is -0.575. The van der Waals surface area contributed by atoms with E-state index in [0.717, 1.165) is 12.1 Å². The number of carbonyl (C=O) groups excluding carboxylic acids is 1. The molecule has 21 heavy (non-hydrogen) atoms. The van der Waals surface area contributed by atoms with Crippen LogP contribution in [0.4, 0.5) is 13.2 Å². The summed E-state index contributed by atoms with van der Waals surface area (Å²) in [4.78, 5) is 21.5. The zero-order valence-corrected chi connectivity index (χ0v) is 10.5. The van der Waals surface area contributed by atoms with Gasteiger partial charge in [-0.3, -0.25) is 4.79 Å². The Kier molecular flexibility index (Phi) is 3.80. The van der Waals surface area contributed by atoms with Crippen molar-refractivity contribution in [1.29, 1.82) is 0 Å². The molecule has 2 aromatic carbocycles. The van der Waals surface area contributed by atoms with Crippen LogP contribution in [-0.2, 0) is 6.18 Å². The molecule has 0 spiro atoms. The van der Waals surface area contributed by atoms with E-state index in [1.807, 2.05) is 0 Å². The van der Waals surface area contributed by atoms with Crippen LogP contribution in [0.5, 0.6) is 0 Å². The van der Waals surface area contributed by atoms with Crippen LogP contribution in [0.25, 0.3) is 11.1 Å². The lowest BCUT2D eigenvalue weighted by Crippen LogP contribution is -2.08. The van der Waals surface area contributed by atoms with E-state index in [2.05, 4.69) is 0 Å². The molecule has 108 valence electrons. The third kappa shape index (κ3) is 3.28. The standard InChI is InChI=1S/C15H9F3O3/c16-15(17,18)13-6-11(5-12(7-13)14(20)21)10-3-1-9(8-19)2-4-10/h1-8H,(H,20,21). The first-order valence-electron chi connectivity index (χ1n) is 5.82. The van der Waals surface area contributed by atoms with Crippen molar-refractivity contribution < 1.29 is 27.9 Å². The molecule has 0 amide bonds. The van der Waals surface area contributed by atoms with Gasteiger partial charge in [-0.25, -0.2) is 4.79 Å². The fourth-order valence-electron chi connectivity index (χ4n) is 1.84. The van der Waals surface area contributed by atoms with E-state index in [-0.39, 0.29) is 5.56 Å². The number of carbonyl (C=O) groups is 2. The topological polar surface area (TPSA) is 54.4 Å². The first-order valence-corrected chi connectivity index (χ1v) is 5.82. The van der Waals surface area contributed by atoms with Crippen molar-refractivity contribution >= 4 is 12.3 Å². The van der Waals surface area contributed by atoms with Gasteiger partial charge in [0.05, 0.1) is 11.1 Å². The highest BCUT2D eigenvalue weighted by molar-refractivity contribution is 5.90. The van der Waals surface area contributed by atoms with Gasteiger partial charge in [0.15, 0.2) is 0 Å². The number of halogens is 3. The van der Waals surface area contributed by atoms with Crippen LogP contribution >= 0.6 is 0 Å². The van der Waals surface area contributed by atoms with Crippen molar-refractivity contribution in [3.8, 4) is 11.1 Å². The molecule has 6 heteroatoms. The summed E-state index contributed by atoms with van der Waals surface area (Å²) in [5.74, 6) is -1.44. The lowest BCUT2D eigenvalue weighted by molar-refractivity contribution is -0.137. The van der Waals surface area contributed by atoms with Crippen LogP contribution in [0, 0.1) is 0 Å². The van der Waals surface area contributed by atoms with Crippen molar-refractivity contribution in [3.05, 3.63) is 59.2 Å². The molecule has 1 N–H and O–H groups in total. The second-order valence-corrected chi connectivity index (χ2v) is 4.34. The number of aldehydes is 1. The van der Waals surface area contributed by atoms with E-state index >= 15 is 0 Å². The number of hydrogen-bond acceptors (Lipinski definition) is 2. The highest BCUT2D eigenvalue weighted by Gasteiger charge is 2.31. The molecular weight excluding hydrogens is 285 g/mol. The van der Waals surface area contributed by atoms with E-state index in [4.69, 9.17) is 5.11 Å². The molecule has 3 nitrogen and oxygen atoms in total. The smallest absolute Gasteiger partial charge is 0.416 e. The molecule has 0 aliphatic carbocycles. The SMILES string of the molecule is O=Cc1ccc(-c2cc(C(=O)O)cc(C(F)(F)F)c2)cc1. The van der Waals surface area contributed by atoms with Crippen molar-refractivity contribution in [2.75, 3.05) is 0 Å². The second-order valence-electron chi connectivity index (χ2n) is 4.34. The normalized spacial score (nSPS) is 11.2. The fraction of sp³-hybridized carbons (Fsp3) is 0.0667. The maximum Gasteiger partial charge on any atom is 0.416 e. The van der Waals surface area contributed by atoms with Gasteiger partial charge in [0, 0.05) is 5.56 Å². The third-order valence-electron chi connectivity index (χ3n) is 2.89. The Balaban J connectivity index is 2.58. The van der Waals surface area contributed by atoms with Crippen molar-refractivity contribution in [2.45, 2.75) is 6.18 Å². The Labute approximate surface area is 117 Å². The summed E-state index contributed by atoms with van der Waals surface area (Å²) in [5, 5.41) is 8.91. The summed E-state index contributed by atoms with van der Waals surface area (Å²) in [6.45, 7) is 0. The minimum absolute atomic E-state index is 0.125. The number of alkyl halides is 3. The number of carboxylic acids is 1. The van der Waals surface area contributed by atoms with Crippen LogP contribution in [-0.4, -0.2) is 17.4 Å². The highest BCUT2D eigenvalue weighted by Crippen LogP contribution is 2.33. The monoisotopic (exact) mass is 294 g/mol. The van der Waals surface area contributed by atoms with Crippen LogP contribution in [0.2, 0.25) is 0 Å². The molecule has 0 aliphatic heterocycles. The van der Waals surface area contributed by atoms with Crippen molar-refractivity contribution in [2.24, 2.45) is 0 Å². The molecule has 0 saturated heterocycles. The second kappa shape index (κ2) is 5.40. The average molecular weight is 294 g/mol. The summed E-state index contributed by atoms with van der Waals surface area (Å²) in [6.07, 6.45) is -4.03. The molecular formula is C15H9F3O3. The molecule has 0 saturated carbocycles. The highest BCUT2D eigenvalue weighted by atomic mass is 19.4. The molecule has 0 heterocycles. The number of hydrogen-bond donors (Lipinski definition) is 1. The Hall–Kier alpha value is -2.63. The van der Waals surface area contributed by atoms with Gasteiger partial charge in [0.2, 0.25) is 0 Å². The van der Waals surface area contributed by atoms with E-state index in [1.165, 1.54) is 24.3 Å². The predicted octanol–water partition coefficient (Wildman–Crippen LogP) is 3.88. The van der Waals surface area contributed by atoms with E-state index in [0.29, 0.717) is 23.5 Å². The zero-order valence-electron chi connectivity index (χ0n) is 10.5. The van der Waals surface area contributed by atoms with Crippen LogP contribution in [0.3, 0.4) is 0 Å². The number of carboxylic acid groups (broad SMARTS) is 1. The largest absolute Gasteiger partial charge is 0.478 e. The van der Waals surface area contributed by atoms with Crippen LogP contribution < -0.4 is 0 Å². The lowest BCUT2D eigenvalue weighted by atomic mass is 9.98. The van der Waals surface area contributed by atoms with Gasteiger partial charge in [-0.15, -0.1) is 0 Å². The van der Waals surface area contributed by atoms with E-state index in [1.54, 1.807) is 0 Å². The molecule has 0 unspecified atom stereocenters. The van der Waals surface area contributed by atoms with Gasteiger partial charge >= 0.3 is 12.1 Å². The first-order chi connectivity index (χ1) is 9.81. The molecule has 0 aromatic heterocycles. The molecule has 2 rings (SSSR count). The molecule has 0 fully saturated rings. The van der Waals surface area contributed by atoms with Gasteiger partial charge in [0.1, 0.15) is 6.29 Å². The summed E-state index contributed by atoms with van der Waals surface area (Å²) < 4.78 is 38.4. The molecule has 0 bridgehead atoms. The summed E-state index contributed by atoms with van der Waals surface area (Å²) >= 11 is 0. The maximum atomic E-state index is 12.8. The minimum Gasteiger partial charge on any atom is -0.478 e. The number of rotatable bonds is 3. The Bertz CT molecular complexity index is 688. The molecule has 0 atom stereocenters. The van der Waals surface area contributed by atoms with E-state index < -0.39 is 23.3 Å². The lowest BCUT2D eigenvalue weighted by Gasteiger charge is -2.11. The van der Waals surface area contributed by atoms with Gasteiger partial charge in [0.25, 0.3) is 0 Å². The van der Waals surface area contributed by atoms with Gasteiger partial charge in [-0.1, -0.05) is 24.3 Å². The Morgan fingerprint density at radius 2 is 1.62 bits per heavy atom. The minimum atomic E-state index is -4.64. The first kappa shape index (κ1) is 14.8.